The lowest BCUT2D eigenvalue weighted by molar-refractivity contribution is 0.261. The van der Waals surface area contributed by atoms with Crippen molar-refractivity contribution >= 4 is 11.3 Å². The number of ether oxygens (including phenoxy) is 3. The molecule has 2 aromatic rings. The lowest BCUT2D eigenvalue weighted by atomic mass is 10.0. The van der Waals surface area contributed by atoms with Gasteiger partial charge in [0.1, 0.15) is 18.1 Å². The second-order valence-electron chi connectivity index (χ2n) is 4.89. The molecular formula is C16H19NO3S. The fourth-order valence-electron chi connectivity index (χ4n) is 2.48. The van der Waals surface area contributed by atoms with E-state index in [9.17, 15) is 0 Å². The van der Waals surface area contributed by atoms with Crippen molar-refractivity contribution in [2.24, 2.45) is 0 Å². The fourth-order valence-corrected chi connectivity index (χ4v) is 3.51. The van der Waals surface area contributed by atoms with Crippen LogP contribution in [0.1, 0.15) is 16.5 Å². The Bertz CT molecular complexity index is 594. The van der Waals surface area contributed by atoms with E-state index in [1.54, 1.807) is 25.6 Å². The first-order chi connectivity index (χ1) is 10.3. The van der Waals surface area contributed by atoms with Crippen LogP contribution >= 0.6 is 11.3 Å². The Labute approximate surface area is 128 Å². The summed E-state index contributed by atoms with van der Waals surface area (Å²) < 4.78 is 16.4. The molecule has 0 saturated carbocycles. The third-order valence-corrected chi connectivity index (χ3v) is 4.79. The van der Waals surface area contributed by atoms with Crippen molar-refractivity contribution in [1.82, 2.24) is 5.32 Å². The third-order valence-electron chi connectivity index (χ3n) is 3.61. The fraction of sp³-hybridized carbons (Fsp3) is 0.375. The van der Waals surface area contributed by atoms with Gasteiger partial charge in [0.05, 0.1) is 20.3 Å². The van der Waals surface area contributed by atoms with Crippen LogP contribution in [0.2, 0.25) is 0 Å². The highest BCUT2D eigenvalue weighted by molar-refractivity contribution is 7.14. The SMILES string of the molecule is COc1ccc(OCC2NCCc3sc(OC)cc32)cc1. The van der Waals surface area contributed by atoms with E-state index in [0.29, 0.717) is 6.61 Å². The molecule has 0 aliphatic carbocycles. The molecule has 0 fully saturated rings. The average Bonchev–Trinajstić information content (AvgIpc) is 2.97. The number of rotatable bonds is 5. The van der Waals surface area contributed by atoms with Crippen molar-refractivity contribution < 1.29 is 14.2 Å². The molecule has 2 heterocycles. The number of nitrogens with one attached hydrogen (secondary N) is 1. The Balaban J connectivity index is 1.67. The van der Waals surface area contributed by atoms with Crippen molar-refractivity contribution in [1.29, 1.82) is 0 Å². The van der Waals surface area contributed by atoms with Gasteiger partial charge in [-0.05, 0) is 42.3 Å². The lowest BCUT2D eigenvalue weighted by Crippen LogP contribution is -2.32. The molecule has 21 heavy (non-hydrogen) atoms. The molecule has 4 nitrogen and oxygen atoms in total. The Morgan fingerprint density at radius 2 is 1.90 bits per heavy atom. The molecule has 1 atom stereocenters. The quantitative estimate of drug-likeness (QED) is 0.922. The predicted molar refractivity (Wildman–Crippen MR) is 83.8 cm³/mol. The van der Waals surface area contributed by atoms with Crippen LogP contribution in [0.25, 0.3) is 0 Å². The monoisotopic (exact) mass is 305 g/mol. The van der Waals surface area contributed by atoms with Gasteiger partial charge >= 0.3 is 0 Å². The smallest absolute Gasteiger partial charge is 0.173 e. The van der Waals surface area contributed by atoms with Gasteiger partial charge < -0.3 is 19.5 Å². The topological polar surface area (TPSA) is 39.7 Å². The maximum absolute atomic E-state index is 5.89. The third kappa shape index (κ3) is 3.14. The molecule has 0 amide bonds. The zero-order valence-corrected chi connectivity index (χ0v) is 13.0. The molecule has 0 radical (unpaired) electrons. The summed E-state index contributed by atoms with van der Waals surface area (Å²) in [6, 6.07) is 10.0. The molecule has 0 spiro atoms. The number of hydrogen-bond acceptors (Lipinski definition) is 5. The van der Waals surface area contributed by atoms with Crippen molar-refractivity contribution in [3.05, 3.63) is 40.8 Å². The van der Waals surface area contributed by atoms with Crippen molar-refractivity contribution in [3.8, 4) is 16.6 Å². The molecule has 1 aliphatic rings. The first-order valence-electron chi connectivity index (χ1n) is 6.97. The molecule has 5 heteroatoms. The molecule has 1 aromatic heterocycles. The van der Waals surface area contributed by atoms with E-state index in [-0.39, 0.29) is 6.04 Å². The van der Waals surface area contributed by atoms with E-state index in [0.717, 1.165) is 29.5 Å². The van der Waals surface area contributed by atoms with E-state index < -0.39 is 0 Å². The summed E-state index contributed by atoms with van der Waals surface area (Å²) >= 11 is 1.73. The minimum atomic E-state index is 0.219. The van der Waals surface area contributed by atoms with Gasteiger partial charge in [-0.2, -0.15) is 0 Å². The van der Waals surface area contributed by atoms with Gasteiger partial charge in [0.25, 0.3) is 0 Å². The van der Waals surface area contributed by atoms with Gasteiger partial charge in [0, 0.05) is 11.4 Å². The Kier molecular flexibility index (Phi) is 4.31. The molecule has 1 aromatic carbocycles. The molecule has 1 aliphatic heterocycles. The average molecular weight is 305 g/mol. The number of benzene rings is 1. The maximum Gasteiger partial charge on any atom is 0.173 e. The predicted octanol–water partition coefficient (Wildman–Crippen LogP) is 3.03. The number of thiophene rings is 1. The van der Waals surface area contributed by atoms with Crippen molar-refractivity contribution in [2.75, 3.05) is 27.4 Å². The van der Waals surface area contributed by atoms with Gasteiger partial charge in [-0.15, -0.1) is 11.3 Å². The summed E-state index contributed by atoms with van der Waals surface area (Å²) in [7, 11) is 3.38. The molecule has 0 bridgehead atoms. The van der Waals surface area contributed by atoms with E-state index in [1.165, 1.54) is 10.4 Å². The molecular weight excluding hydrogens is 286 g/mol. The molecule has 112 valence electrons. The Morgan fingerprint density at radius 1 is 1.14 bits per heavy atom. The summed E-state index contributed by atoms with van der Waals surface area (Å²) in [4.78, 5) is 1.40. The van der Waals surface area contributed by atoms with Crippen molar-refractivity contribution in [3.63, 3.8) is 0 Å². The van der Waals surface area contributed by atoms with E-state index in [2.05, 4.69) is 11.4 Å². The largest absolute Gasteiger partial charge is 0.497 e. The minimum absolute atomic E-state index is 0.219. The normalized spacial score (nSPS) is 17.1. The summed E-state index contributed by atoms with van der Waals surface area (Å²) in [5.41, 5.74) is 1.30. The van der Waals surface area contributed by atoms with Crippen molar-refractivity contribution in [2.45, 2.75) is 12.5 Å². The second kappa shape index (κ2) is 6.37. The van der Waals surface area contributed by atoms with Crippen LogP contribution < -0.4 is 19.5 Å². The van der Waals surface area contributed by atoms with Crippen LogP contribution in [0.15, 0.2) is 30.3 Å². The van der Waals surface area contributed by atoms with Gasteiger partial charge in [0.15, 0.2) is 5.06 Å². The Hall–Kier alpha value is -1.72. The Morgan fingerprint density at radius 3 is 2.62 bits per heavy atom. The van der Waals surface area contributed by atoms with Gasteiger partial charge in [-0.1, -0.05) is 0 Å². The lowest BCUT2D eigenvalue weighted by Gasteiger charge is -2.24. The number of hydrogen-bond donors (Lipinski definition) is 1. The van der Waals surface area contributed by atoms with Crippen LogP contribution in [-0.4, -0.2) is 27.4 Å². The zero-order valence-electron chi connectivity index (χ0n) is 12.2. The van der Waals surface area contributed by atoms with Gasteiger partial charge in [0.2, 0.25) is 0 Å². The first kappa shape index (κ1) is 14.2. The van der Waals surface area contributed by atoms with Gasteiger partial charge in [-0.25, -0.2) is 0 Å². The highest BCUT2D eigenvalue weighted by atomic mass is 32.1. The summed E-state index contributed by atoms with van der Waals surface area (Å²) in [5.74, 6) is 1.69. The zero-order chi connectivity index (χ0) is 14.7. The molecule has 3 rings (SSSR count). The van der Waals surface area contributed by atoms with Crippen LogP contribution in [-0.2, 0) is 6.42 Å². The molecule has 1 N–H and O–H groups in total. The second-order valence-corrected chi connectivity index (χ2v) is 5.99. The summed E-state index contributed by atoms with van der Waals surface area (Å²) in [6.07, 6.45) is 1.06. The summed E-state index contributed by atoms with van der Waals surface area (Å²) in [5, 5.41) is 4.48. The highest BCUT2D eigenvalue weighted by Crippen LogP contribution is 2.35. The standard InChI is InChI=1S/C16H19NO3S/c1-18-11-3-5-12(6-4-11)20-10-14-13-9-16(19-2)21-15(13)7-8-17-14/h3-6,9,14,17H,7-8,10H2,1-2H3. The summed E-state index contributed by atoms with van der Waals surface area (Å²) in [6.45, 7) is 1.59. The number of fused-ring (bicyclic) bond motifs is 1. The maximum atomic E-state index is 5.89. The van der Waals surface area contributed by atoms with E-state index in [4.69, 9.17) is 14.2 Å². The molecule has 1 unspecified atom stereocenters. The minimum Gasteiger partial charge on any atom is -0.497 e. The van der Waals surface area contributed by atoms with Crippen LogP contribution in [0.4, 0.5) is 0 Å². The van der Waals surface area contributed by atoms with Crippen LogP contribution in [0, 0.1) is 0 Å². The van der Waals surface area contributed by atoms with Crippen LogP contribution in [0.3, 0.4) is 0 Å². The van der Waals surface area contributed by atoms with Crippen LogP contribution in [0.5, 0.6) is 16.6 Å². The van der Waals surface area contributed by atoms with E-state index >= 15 is 0 Å². The van der Waals surface area contributed by atoms with E-state index in [1.807, 2.05) is 24.3 Å². The van der Waals surface area contributed by atoms with Gasteiger partial charge in [-0.3, -0.25) is 0 Å². The molecule has 0 saturated heterocycles. The highest BCUT2D eigenvalue weighted by Gasteiger charge is 2.23. The first-order valence-corrected chi connectivity index (χ1v) is 7.78. The number of methoxy groups -OCH3 is 2.